The molecular weight excluding hydrogens is 246 g/mol. The number of amides is 1. The fraction of sp³-hybridized carbons (Fsp3) is 0.0714. The topological polar surface area (TPSA) is 81.0 Å². The molecule has 0 spiro atoms. The second-order valence-electron chi connectivity index (χ2n) is 4.03. The standard InChI is InChI=1S/C14H13NO4/c1-15(9-5-3-2-4-6-9)14(19)10-7-8-11(16)13(18)12(10)17/h2-8,16-18H,1H3. The van der Waals surface area contributed by atoms with Crippen LogP contribution in [0.25, 0.3) is 0 Å². The van der Waals surface area contributed by atoms with Crippen LogP contribution < -0.4 is 4.90 Å². The van der Waals surface area contributed by atoms with Gasteiger partial charge in [0, 0.05) is 12.7 Å². The van der Waals surface area contributed by atoms with Gasteiger partial charge in [0.15, 0.2) is 11.5 Å². The van der Waals surface area contributed by atoms with Crippen LogP contribution in [0.1, 0.15) is 10.4 Å². The summed E-state index contributed by atoms with van der Waals surface area (Å²) in [5, 5.41) is 28.3. The molecule has 2 rings (SSSR count). The average Bonchev–Trinajstić information content (AvgIpc) is 2.44. The van der Waals surface area contributed by atoms with Gasteiger partial charge in [-0.15, -0.1) is 0 Å². The number of carbonyl (C=O) groups excluding carboxylic acids is 1. The van der Waals surface area contributed by atoms with E-state index in [1.165, 1.54) is 11.0 Å². The van der Waals surface area contributed by atoms with Gasteiger partial charge in [-0.2, -0.15) is 0 Å². The molecule has 0 unspecified atom stereocenters. The Balaban J connectivity index is 2.38. The van der Waals surface area contributed by atoms with Gasteiger partial charge in [0.25, 0.3) is 5.91 Å². The minimum absolute atomic E-state index is 0.0818. The number of rotatable bonds is 2. The van der Waals surface area contributed by atoms with Gasteiger partial charge in [0.2, 0.25) is 5.75 Å². The van der Waals surface area contributed by atoms with E-state index in [1.54, 1.807) is 31.3 Å². The number of aromatic hydroxyl groups is 3. The summed E-state index contributed by atoms with van der Waals surface area (Å²) in [5.74, 6) is -2.30. The second-order valence-corrected chi connectivity index (χ2v) is 4.03. The molecule has 2 aromatic carbocycles. The van der Waals surface area contributed by atoms with Crippen molar-refractivity contribution in [2.45, 2.75) is 0 Å². The van der Waals surface area contributed by atoms with E-state index in [0.717, 1.165) is 6.07 Å². The molecule has 0 atom stereocenters. The zero-order valence-corrected chi connectivity index (χ0v) is 10.2. The number of phenols is 3. The molecule has 5 heteroatoms. The third-order valence-corrected chi connectivity index (χ3v) is 2.81. The first-order valence-corrected chi connectivity index (χ1v) is 5.59. The number of hydrogen-bond acceptors (Lipinski definition) is 4. The molecule has 0 aliphatic heterocycles. The highest BCUT2D eigenvalue weighted by molar-refractivity contribution is 6.08. The Bertz CT molecular complexity index is 610. The van der Waals surface area contributed by atoms with Crippen molar-refractivity contribution in [3.63, 3.8) is 0 Å². The Morgan fingerprint density at radius 3 is 2.21 bits per heavy atom. The molecule has 0 aliphatic rings. The van der Waals surface area contributed by atoms with Crippen LogP contribution >= 0.6 is 0 Å². The Kier molecular flexibility index (Phi) is 3.29. The zero-order chi connectivity index (χ0) is 14.0. The Morgan fingerprint density at radius 2 is 1.58 bits per heavy atom. The fourth-order valence-electron chi connectivity index (χ4n) is 1.69. The Hall–Kier alpha value is -2.69. The van der Waals surface area contributed by atoms with Gasteiger partial charge in [-0.3, -0.25) is 4.79 Å². The van der Waals surface area contributed by atoms with E-state index >= 15 is 0 Å². The van der Waals surface area contributed by atoms with E-state index in [1.807, 2.05) is 6.07 Å². The first-order chi connectivity index (χ1) is 9.02. The van der Waals surface area contributed by atoms with E-state index in [0.29, 0.717) is 5.69 Å². The van der Waals surface area contributed by atoms with Crippen molar-refractivity contribution in [3.8, 4) is 17.2 Å². The van der Waals surface area contributed by atoms with Crippen molar-refractivity contribution in [2.75, 3.05) is 11.9 Å². The number of nitrogens with zero attached hydrogens (tertiary/aromatic N) is 1. The van der Waals surface area contributed by atoms with Crippen LogP contribution in [0.3, 0.4) is 0 Å². The number of carbonyl (C=O) groups is 1. The molecule has 0 saturated heterocycles. The molecule has 0 aliphatic carbocycles. The second kappa shape index (κ2) is 4.89. The largest absolute Gasteiger partial charge is 0.504 e. The lowest BCUT2D eigenvalue weighted by molar-refractivity contribution is 0.0989. The van der Waals surface area contributed by atoms with Crippen LogP contribution in [-0.4, -0.2) is 28.3 Å². The van der Waals surface area contributed by atoms with Crippen LogP contribution in [0.2, 0.25) is 0 Å². The maximum absolute atomic E-state index is 12.2. The van der Waals surface area contributed by atoms with Crippen molar-refractivity contribution in [2.24, 2.45) is 0 Å². The maximum atomic E-state index is 12.2. The quantitative estimate of drug-likeness (QED) is 0.721. The summed E-state index contributed by atoms with van der Waals surface area (Å²) in [6.07, 6.45) is 0. The third-order valence-electron chi connectivity index (χ3n) is 2.81. The molecule has 0 bridgehead atoms. The molecular formula is C14H13NO4. The van der Waals surface area contributed by atoms with Crippen LogP contribution in [0, 0.1) is 0 Å². The minimum atomic E-state index is -0.702. The predicted molar refractivity (Wildman–Crippen MR) is 70.6 cm³/mol. The van der Waals surface area contributed by atoms with Gasteiger partial charge in [-0.05, 0) is 24.3 Å². The highest BCUT2D eigenvalue weighted by Crippen LogP contribution is 2.37. The molecule has 0 heterocycles. The van der Waals surface area contributed by atoms with Crippen molar-refractivity contribution in [1.29, 1.82) is 0 Å². The van der Waals surface area contributed by atoms with Crippen LogP contribution in [-0.2, 0) is 0 Å². The summed E-state index contributed by atoms with van der Waals surface area (Å²) < 4.78 is 0. The van der Waals surface area contributed by atoms with Crippen LogP contribution in [0.4, 0.5) is 5.69 Å². The lowest BCUT2D eigenvalue weighted by atomic mass is 10.1. The van der Waals surface area contributed by atoms with Crippen molar-refractivity contribution < 1.29 is 20.1 Å². The van der Waals surface area contributed by atoms with Crippen molar-refractivity contribution in [3.05, 3.63) is 48.0 Å². The van der Waals surface area contributed by atoms with Crippen LogP contribution in [0.5, 0.6) is 17.2 Å². The summed E-state index contributed by atoms with van der Waals surface area (Å²) in [4.78, 5) is 13.5. The van der Waals surface area contributed by atoms with Gasteiger partial charge in [0.05, 0.1) is 5.56 Å². The molecule has 0 saturated carbocycles. The monoisotopic (exact) mass is 259 g/mol. The number of hydrogen-bond donors (Lipinski definition) is 3. The minimum Gasteiger partial charge on any atom is -0.504 e. The van der Waals surface area contributed by atoms with Gasteiger partial charge in [-0.1, -0.05) is 18.2 Å². The lowest BCUT2D eigenvalue weighted by Gasteiger charge is -2.18. The summed E-state index contributed by atoms with van der Waals surface area (Å²) in [6.45, 7) is 0. The van der Waals surface area contributed by atoms with Gasteiger partial charge >= 0.3 is 0 Å². The highest BCUT2D eigenvalue weighted by atomic mass is 16.3. The van der Waals surface area contributed by atoms with Gasteiger partial charge in [0.1, 0.15) is 0 Å². The fourth-order valence-corrected chi connectivity index (χ4v) is 1.69. The van der Waals surface area contributed by atoms with E-state index in [-0.39, 0.29) is 5.56 Å². The molecule has 1 amide bonds. The summed E-state index contributed by atoms with van der Waals surface area (Å²) in [6, 6.07) is 11.3. The maximum Gasteiger partial charge on any atom is 0.261 e. The van der Waals surface area contributed by atoms with E-state index in [2.05, 4.69) is 0 Å². The van der Waals surface area contributed by atoms with Gasteiger partial charge < -0.3 is 20.2 Å². The summed E-state index contributed by atoms with van der Waals surface area (Å²) in [5.41, 5.74) is 0.570. The average molecular weight is 259 g/mol. The summed E-state index contributed by atoms with van der Waals surface area (Å²) >= 11 is 0. The van der Waals surface area contributed by atoms with E-state index in [4.69, 9.17) is 0 Å². The van der Waals surface area contributed by atoms with E-state index in [9.17, 15) is 20.1 Å². The molecule has 2 aromatic rings. The number of phenolic OH excluding ortho intramolecular Hbond substituents is 3. The third kappa shape index (κ3) is 2.30. The molecule has 0 aromatic heterocycles. The van der Waals surface area contributed by atoms with Crippen molar-refractivity contribution in [1.82, 2.24) is 0 Å². The molecule has 5 nitrogen and oxygen atoms in total. The summed E-state index contributed by atoms with van der Waals surface area (Å²) in [7, 11) is 1.56. The Morgan fingerprint density at radius 1 is 0.947 bits per heavy atom. The number of anilines is 1. The number of para-hydroxylation sites is 1. The number of benzene rings is 2. The van der Waals surface area contributed by atoms with E-state index < -0.39 is 23.2 Å². The van der Waals surface area contributed by atoms with Gasteiger partial charge in [-0.25, -0.2) is 0 Å². The zero-order valence-electron chi connectivity index (χ0n) is 10.2. The van der Waals surface area contributed by atoms with Crippen LogP contribution in [0.15, 0.2) is 42.5 Å². The molecule has 0 radical (unpaired) electrons. The first-order valence-electron chi connectivity index (χ1n) is 5.59. The molecule has 0 fully saturated rings. The molecule has 98 valence electrons. The Labute approximate surface area is 110 Å². The predicted octanol–water partition coefficient (Wildman–Crippen LogP) is 2.08. The SMILES string of the molecule is CN(C(=O)c1ccc(O)c(O)c1O)c1ccccc1. The highest BCUT2D eigenvalue weighted by Gasteiger charge is 2.20. The normalized spacial score (nSPS) is 10.2. The molecule has 19 heavy (non-hydrogen) atoms. The smallest absolute Gasteiger partial charge is 0.261 e. The lowest BCUT2D eigenvalue weighted by Crippen LogP contribution is -2.26. The van der Waals surface area contributed by atoms with Crippen molar-refractivity contribution >= 4 is 11.6 Å². The molecule has 3 N–H and O–H groups in total. The first kappa shape index (κ1) is 12.8.